The summed E-state index contributed by atoms with van der Waals surface area (Å²) < 4.78 is 0. The predicted octanol–water partition coefficient (Wildman–Crippen LogP) is 3.43. The van der Waals surface area contributed by atoms with Gasteiger partial charge in [-0.1, -0.05) is 27.7 Å². The van der Waals surface area contributed by atoms with Crippen molar-refractivity contribution in [3.05, 3.63) is 0 Å². The second-order valence-electron chi connectivity index (χ2n) is 7.61. The maximum atomic E-state index is 10.6. The summed E-state index contributed by atoms with van der Waals surface area (Å²) in [6.45, 7) is 11.4. The number of rotatable bonds is 5. The molecule has 0 aromatic carbocycles. The van der Waals surface area contributed by atoms with Gasteiger partial charge in [-0.15, -0.1) is 0 Å². The van der Waals surface area contributed by atoms with Gasteiger partial charge in [-0.2, -0.15) is 0 Å². The van der Waals surface area contributed by atoms with Gasteiger partial charge in [0.05, 0.1) is 0 Å². The molecule has 1 rings (SSSR count). The van der Waals surface area contributed by atoms with Crippen LogP contribution in [0.5, 0.6) is 0 Å². The van der Waals surface area contributed by atoms with E-state index in [1.54, 1.807) is 0 Å². The van der Waals surface area contributed by atoms with Crippen LogP contribution in [-0.4, -0.2) is 23.2 Å². The molecule has 0 aliphatic heterocycles. The smallest absolute Gasteiger partial charge is 0.303 e. The van der Waals surface area contributed by atoms with E-state index in [1.165, 1.54) is 19.3 Å². The summed E-state index contributed by atoms with van der Waals surface area (Å²) in [6, 6.07) is 0.809. The standard InChI is InChI=1S/C15H29NO2/c1-11(6-7-13(17)18)16-12-8-14(2,3)10-15(4,5)9-12/h11-12,16H,6-10H2,1-5H3,(H,17,18). The van der Waals surface area contributed by atoms with Crippen molar-refractivity contribution >= 4 is 5.97 Å². The molecule has 0 bridgehead atoms. The van der Waals surface area contributed by atoms with E-state index in [4.69, 9.17) is 5.11 Å². The van der Waals surface area contributed by atoms with Crippen LogP contribution in [0.25, 0.3) is 0 Å². The summed E-state index contributed by atoms with van der Waals surface area (Å²) in [5, 5.41) is 12.3. The van der Waals surface area contributed by atoms with Crippen LogP contribution in [0.1, 0.15) is 66.7 Å². The van der Waals surface area contributed by atoms with E-state index in [1.807, 2.05) is 0 Å². The van der Waals surface area contributed by atoms with Crippen LogP contribution in [0.3, 0.4) is 0 Å². The minimum absolute atomic E-state index is 0.258. The second kappa shape index (κ2) is 5.60. The Morgan fingerprint density at radius 3 is 2.22 bits per heavy atom. The van der Waals surface area contributed by atoms with Crippen molar-refractivity contribution in [2.75, 3.05) is 0 Å². The third-order valence-corrected chi connectivity index (χ3v) is 3.87. The maximum absolute atomic E-state index is 10.6. The van der Waals surface area contributed by atoms with E-state index in [2.05, 4.69) is 39.9 Å². The summed E-state index contributed by atoms with van der Waals surface area (Å²) in [5.74, 6) is -0.701. The number of carboxylic acids is 1. The van der Waals surface area contributed by atoms with E-state index in [0.29, 0.717) is 23.3 Å². The van der Waals surface area contributed by atoms with Gasteiger partial charge in [-0.25, -0.2) is 0 Å². The van der Waals surface area contributed by atoms with Crippen molar-refractivity contribution in [1.29, 1.82) is 0 Å². The highest BCUT2D eigenvalue weighted by Gasteiger charge is 2.38. The first-order valence-corrected chi connectivity index (χ1v) is 7.07. The summed E-state index contributed by atoms with van der Waals surface area (Å²) in [6.07, 6.45) is 4.61. The van der Waals surface area contributed by atoms with Gasteiger partial charge in [-0.3, -0.25) is 4.79 Å². The molecule has 0 saturated heterocycles. The lowest BCUT2D eigenvalue weighted by molar-refractivity contribution is -0.137. The summed E-state index contributed by atoms with van der Waals surface area (Å²) >= 11 is 0. The molecule has 106 valence electrons. The van der Waals surface area contributed by atoms with E-state index < -0.39 is 5.97 Å². The number of carboxylic acid groups (broad SMARTS) is 1. The quantitative estimate of drug-likeness (QED) is 0.791. The molecule has 1 aliphatic carbocycles. The Balaban J connectivity index is 2.48. The highest BCUT2D eigenvalue weighted by Crippen LogP contribution is 2.45. The van der Waals surface area contributed by atoms with Crippen LogP contribution in [0.2, 0.25) is 0 Å². The largest absolute Gasteiger partial charge is 0.481 e. The molecule has 0 heterocycles. The molecule has 1 saturated carbocycles. The molecule has 1 unspecified atom stereocenters. The van der Waals surface area contributed by atoms with Crippen LogP contribution < -0.4 is 5.32 Å². The third kappa shape index (κ3) is 5.38. The molecule has 1 atom stereocenters. The predicted molar refractivity (Wildman–Crippen MR) is 74.7 cm³/mol. The molecular weight excluding hydrogens is 226 g/mol. The van der Waals surface area contributed by atoms with Crippen LogP contribution >= 0.6 is 0 Å². The highest BCUT2D eigenvalue weighted by atomic mass is 16.4. The van der Waals surface area contributed by atoms with Crippen molar-refractivity contribution in [3.8, 4) is 0 Å². The zero-order valence-corrected chi connectivity index (χ0v) is 12.5. The fourth-order valence-corrected chi connectivity index (χ4v) is 3.79. The van der Waals surface area contributed by atoms with Gasteiger partial charge >= 0.3 is 5.97 Å². The Labute approximate surface area is 111 Å². The summed E-state index contributed by atoms with van der Waals surface area (Å²) in [5.41, 5.74) is 0.762. The van der Waals surface area contributed by atoms with Crippen molar-refractivity contribution in [1.82, 2.24) is 5.32 Å². The molecule has 18 heavy (non-hydrogen) atoms. The zero-order valence-electron chi connectivity index (χ0n) is 12.5. The fraction of sp³-hybridized carbons (Fsp3) is 0.933. The SMILES string of the molecule is CC(CCC(=O)O)NC1CC(C)(C)CC(C)(C)C1. The number of hydrogen-bond acceptors (Lipinski definition) is 2. The van der Waals surface area contributed by atoms with E-state index in [-0.39, 0.29) is 12.5 Å². The molecule has 1 aliphatic rings. The first kappa shape index (κ1) is 15.5. The van der Waals surface area contributed by atoms with Gasteiger partial charge in [0.2, 0.25) is 0 Å². The maximum Gasteiger partial charge on any atom is 0.303 e. The van der Waals surface area contributed by atoms with Crippen LogP contribution in [0, 0.1) is 10.8 Å². The van der Waals surface area contributed by atoms with E-state index in [9.17, 15) is 4.79 Å². The van der Waals surface area contributed by atoms with Crippen LogP contribution in [0.4, 0.5) is 0 Å². The van der Waals surface area contributed by atoms with E-state index >= 15 is 0 Å². The Morgan fingerprint density at radius 1 is 1.28 bits per heavy atom. The molecule has 0 amide bonds. The van der Waals surface area contributed by atoms with Crippen LogP contribution in [-0.2, 0) is 4.79 Å². The molecule has 0 aromatic heterocycles. The number of hydrogen-bond donors (Lipinski definition) is 2. The van der Waals surface area contributed by atoms with Crippen LogP contribution in [0.15, 0.2) is 0 Å². The van der Waals surface area contributed by atoms with Gasteiger partial charge < -0.3 is 10.4 Å². The lowest BCUT2D eigenvalue weighted by atomic mass is 9.63. The molecule has 3 nitrogen and oxygen atoms in total. The van der Waals surface area contributed by atoms with Gasteiger partial charge in [0, 0.05) is 18.5 Å². The molecule has 2 N–H and O–H groups in total. The monoisotopic (exact) mass is 255 g/mol. The fourth-order valence-electron chi connectivity index (χ4n) is 3.79. The lowest BCUT2D eigenvalue weighted by Crippen LogP contribution is -2.46. The van der Waals surface area contributed by atoms with Crippen molar-refractivity contribution in [2.45, 2.75) is 78.8 Å². The average molecular weight is 255 g/mol. The first-order valence-electron chi connectivity index (χ1n) is 7.07. The Morgan fingerprint density at radius 2 is 1.78 bits per heavy atom. The zero-order chi connectivity index (χ0) is 14.0. The van der Waals surface area contributed by atoms with Crippen molar-refractivity contribution in [2.24, 2.45) is 10.8 Å². The topological polar surface area (TPSA) is 49.3 Å². The Bertz CT molecular complexity index is 281. The Kier molecular flexibility index (Phi) is 4.82. The third-order valence-electron chi connectivity index (χ3n) is 3.87. The van der Waals surface area contributed by atoms with Gasteiger partial charge in [-0.05, 0) is 43.4 Å². The molecule has 0 spiro atoms. The first-order chi connectivity index (χ1) is 8.10. The summed E-state index contributed by atoms with van der Waals surface area (Å²) in [7, 11) is 0. The lowest BCUT2D eigenvalue weighted by Gasteiger charge is -2.46. The Hall–Kier alpha value is -0.570. The molecule has 0 radical (unpaired) electrons. The van der Waals surface area contributed by atoms with Crippen molar-refractivity contribution in [3.63, 3.8) is 0 Å². The number of carbonyl (C=O) groups is 1. The summed E-state index contributed by atoms with van der Waals surface area (Å²) in [4.78, 5) is 10.6. The number of aliphatic carboxylic acids is 1. The van der Waals surface area contributed by atoms with Crippen molar-refractivity contribution < 1.29 is 9.90 Å². The van der Waals surface area contributed by atoms with Gasteiger partial charge in [0.1, 0.15) is 0 Å². The minimum atomic E-state index is -0.701. The molecule has 1 fully saturated rings. The number of nitrogens with one attached hydrogen (secondary N) is 1. The second-order valence-corrected chi connectivity index (χ2v) is 7.61. The van der Waals surface area contributed by atoms with Gasteiger partial charge in [0.15, 0.2) is 0 Å². The molecular formula is C15H29NO2. The minimum Gasteiger partial charge on any atom is -0.481 e. The molecule has 3 heteroatoms. The average Bonchev–Trinajstić information content (AvgIpc) is 2.09. The normalized spacial score (nSPS) is 24.7. The van der Waals surface area contributed by atoms with Gasteiger partial charge in [0.25, 0.3) is 0 Å². The highest BCUT2D eigenvalue weighted by molar-refractivity contribution is 5.66. The molecule has 0 aromatic rings. The van der Waals surface area contributed by atoms with E-state index in [0.717, 1.165) is 0 Å².